The maximum atomic E-state index is 13.6. The van der Waals surface area contributed by atoms with Crippen molar-refractivity contribution in [2.24, 2.45) is 0 Å². The van der Waals surface area contributed by atoms with E-state index in [1.54, 1.807) is 20.3 Å². The molecule has 0 aliphatic heterocycles. The van der Waals surface area contributed by atoms with Gasteiger partial charge in [0.2, 0.25) is 5.78 Å². The number of hydrogen-bond donors (Lipinski definition) is 0. The maximum Gasteiger partial charge on any atom is 0.210 e. The first-order valence-corrected chi connectivity index (χ1v) is 10.8. The summed E-state index contributed by atoms with van der Waals surface area (Å²) in [7, 11) is 3.20. The number of allylic oxidation sites excluding steroid dienone is 1. The van der Waals surface area contributed by atoms with Crippen LogP contribution in [0.2, 0.25) is 0 Å². The van der Waals surface area contributed by atoms with Crippen LogP contribution in [0.15, 0.2) is 78.5 Å². The van der Waals surface area contributed by atoms with Crippen molar-refractivity contribution in [3.05, 3.63) is 106 Å². The largest absolute Gasteiger partial charge is 0.497 e. The molecule has 2 aromatic heterocycles. The molecule has 2 heterocycles. The second-order valence-corrected chi connectivity index (χ2v) is 8.03. The molecule has 5 nitrogen and oxygen atoms in total. The summed E-state index contributed by atoms with van der Waals surface area (Å²) in [5.74, 6) is 1.20. The molecule has 0 amide bonds. The van der Waals surface area contributed by atoms with Crippen LogP contribution in [0.25, 0.3) is 11.6 Å². The van der Waals surface area contributed by atoms with Gasteiger partial charge in [-0.25, -0.2) is 0 Å². The average molecular weight is 437 g/mol. The Labute approximate surface area is 191 Å². The number of pyridine rings is 1. The number of benzene rings is 2. The molecule has 0 radical (unpaired) electrons. The van der Waals surface area contributed by atoms with Crippen LogP contribution < -0.4 is 9.47 Å². The summed E-state index contributed by atoms with van der Waals surface area (Å²) in [5.41, 5.74) is 4.93. The zero-order valence-corrected chi connectivity index (χ0v) is 18.5. The van der Waals surface area contributed by atoms with Gasteiger partial charge in [0.25, 0.3) is 0 Å². The number of Topliss-reactive ketones (excluding diaryl/α,β-unsaturated/α-hetero) is 1. The number of rotatable bonds is 5. The number of hydrogen-bond acceptors (Lipinski definition) is 4. The predicted octanol–water partition coefficient (Wildman–Crippen LogP) is 5.40. The number of carbonyl (C=O) groups excluding carboxylic acids is 2. The van der Waals surface area contributed by atoms with Crippen molar-refractivity contribution < 1.29 is 19.1 Å². The van der Waals surface area contributed by atoms with Crippen LogP contribution in [-0.4, -0.2) is 30.2 Å². The number of fused-ring (bicyclic) bond motifs is 2. The molecule has 5 rings (SSSR count). The Morgan fingerprint density at radius 1 is 0.909 bits per heavy atom. The minimum atomic E-state index is -0.0774. The van der Waals surface area contributed by atoms with Crippen LogP contribution in [0, 0.1) is 0 Å². The van der Waals surface area contributed by atoms with Crippen LogP contribution in [0.1, 0.15) is 44.0 Å². The highest BCUT2D eigenvalue weighted by Crippen LogP contribution is 2.33. The minimum Gasteiger partial charge on any atom is -0.497 e. The van der Waals surface area contributed by atoms with Crippen LogP contribution in [-0.2, 0) is 6.42 Å². The Morgan fingerprint density at radius 3 is 2.33 bits per heavy atom. The lowest BCUT2D eigenvalue weighted by molar-refractivity contribution is 0.102. The summed E-state index contributed by atoms with van der Waals surface area (Å²) in [6.07, 6.45) is 4.92. The third kappa shape index (κ3) is 3.72. The molecule has 164 valence electrons. The molecule has 0 saturated carbocycles. The fourth-order valence-corrected chi connectivity index (χ4v) is 4.45. The van der Waals surface area contributed by atoms with Gasteiger partial charge < -0.3 is 13.9 Å². The third-order valence-electron chi connectivity index (χ3n) is 6.07. The van der Waals surface area contributed by atoms with Crippen molar-refractivity contribution in [1.82, 2.24) is 4.40 Å². The Bertz CT molecular complexity index is 1390. The smallest absolute Gasteiger partial charge is 0.210 e. The summed E-state index contributed by atoms with van der Waals surface area (Å²) in [6.45, 7) is 0. The van der Waals surface area contributed by atoms with E-state index in [1.807, 2.05) is 77.3 Å². The van der Waals surface area contributed by atoms with Crippen LogP contribution in [0.5, 0.6) is 11.5 Å². The average Bonchev–Trinajstić information content (AvgIpc) is 3.33. The number of carbonyl (C=O) groups is 2. The normalized spacial score (nSPS) is 14.4. The lowest BCUT2D eigenvalue weighted by Crippen LogP contribution is -2.21. The maximum absolute atomic E-state index is 13.6. The molecule has 0 saturated heterocycles. The van der Waals surface area contributed by atoms with Gasteiger partial charge in [-0.2, -0.15) is 0 Å². The molecule has 0 atom stereocenters. The van der Waals surface area contributed by atoms with E-state index in [0.29, 0.717) is 46.7 Å². The molecule has 2 aromatic carbocycles. The van der Waals surface area contributed by atoms with E-state index in [-0.39, 0.29) is 11.6 Å². The van der Waals surface area contributed by atoms with Gasteiger partial charge in [0.1, 0.15) is 11.5 Å². The molecule has 0 unspecified atom stereocenters. The van der Waals surface area contributed by atoms with Gasteiger partial charge >= 0.3 is 0 Å². The van der Waals surface area contributed by atoms with Crippen molar-refractivity contribution in [3.63, 3.8) is 0 Å². The molecule has 0 fully saturated rings. The molecule has 0 spiro atoms. The Morgan fingerprint density at radius 2 is 1.64 bits per heavy atom. The highest BCUT2D eigenvalue weighted by Gasteiger charge is 2.29. The standard InChI is InChI=1S/C28H23NO4/c1-32-22-14-18(15-23(17-22)33-2)13-20-10-11-24-25(27(20)30)16-21-9-6-12-29(21)26(24)28(31)19-7-4-3-5-8-19/h3-9,12-17H,10-11H2,1-2H3/b20-13+. The summed E-state index contributed by atoms with van der Waals surface area (Å²) in [5, 5.41) is 0. The first-order chi connectivity index (χ1) is 16.1. The van der Waals surface area contributed by atoms with E-state index in [9.17, 15) is 9.59 Å². The van der Waals surface area contributed by atoms with Crippen molar-refractivity contribution in [1.29, 1.82) is 0 Å². The zero-order valence-electron chi connectivity index (χ0n) is 18.5. The SMILES string of the molecule is COc1cc(/C=C2\CCc3c(cc4cccn4c3C(=O)c3ccccc3)C2=O)cc(OC)c1. The first-order valence-electron chi connectivity index (χ1n) is 10.8. The second-order valence-electron chi connectivity index (χ2n) is 8.03. The monoisotopic (exact) mass is 437 g/mol. The lowest BCUT2D eigenvalue weighted by Gasteiger charge is -2.22. The van der Waals surface area contributed by atoms with Gasteiger partial charge in [-0.15, -0.1) is 0 Å². The molecule has 0 N–H and O–H groups in total. The lowest BCUT2D eigenvalue weighted by atomic mass is 9.83. The number of ether oxygens (including phenoxy) is 2. The molecule has 0 bridgehead atoms. The number of ketones is 2. The summed E-state index contributed by atoms with van der Waals surface area (Å²) >= 11 is 0. The summed E-state index contributed by atoms with van der Waals surface area (Å²) in [4.78, 5) is 27.0. The molecule has 5 heteroatoms. The van der Waals surface area contributed by atoms with E-state index in [2.05, 4.69) is 0 Å². The van der Waals surface area contributed by atoms with Gasteiger partial charge in [0, 0.05) is 34.5 Å². The van der Waals surface area contributed by atoms with E-state index in [1.165, 1.54) is 0 Å². The van der Waals surface area contributed by atoms with Crippen LogP contribution >= 0.6 is 0 Å². The van der Waals surface area contributed by atoms with Crippen molar-refractivity contribution >= 4 is 23.2 Å². The van der Waals surface area contributed by atoms with E-state index >= 15 is 0 Å². The van der Waals surface area contributed by atoms with Gasteiger partial charge in [-0.1, -0.05) is 30.3 Å². The minimum absolute atomic E-state index is 0.0520. The molecular formula is C28H23NO4. The third-order valence-corrected chi connectivity index (χ3v) is 6.07. The number of aromatic nitrogens is 1. The Balaban J connectivity index is 1.62. The highest BCUT2D eigenvalue weighted by atomic mass is 16.5. The van der Waals surface area contributed by atoms with Gasteiger partial charge in [0.15, 0.2) is 5.78 Å². The van der Waals surface area contributed by atoms with Crippen molar-refractivity contribution in [2.75, 3.05) is 14.2 Å². The second kappa shape index (κ2) is 8.43. The highest BCUT2D eigenvalue weighted by molar-refractivity contribution is 6.17. The van der Waals surface area contributed by atoms with Gasteiger partial charge in [-0.3, -0.25) is 9.59 Å². The van der Waals surface area contributed by atoms with Crippen molar-refractivity contribution in [3.8, 4) is 11.5 Å². The molecule has 4 aromatic rings. The molecule has 1 aliphatic carbocycles. The Kier molecular flexibility index (Phi) is 5.31. The fourth-order valence-electron chi connectivity index (χ4n) is 4.45. The Hall–Kier alpha value is -4.12. The molecule has 1 aliphatic rings. The first kappa shape index (κ1) is 20.8. The fraction of sp³-hybridized carbons (Fsp3) is 0.143. The van der Waals surface area contributed by atoms with Crippen molar-refractivity contribution in [2.45, 2.75) is 12.8 Å². The number of nitrogens with zero attached hydrogens (tertiary/aromatic N) is 1. The van der Waals surface area contributed by atoms with E-state index < -0.39 is 0 Å². The van der Waals surface area contributed by atoms with Crippen LogP contribution in [0.4, 0.5) is 0 Å². The van der Waals surface area contributed by atoms with Crippen LogP contribution in [0.3, 0.4) is 0 Å². The number of methoxy groups -OCH3 is 2. The summed E-state index contributed by atoms with van der Waals surface area (Å²) in [6, 6.07) is 20.4. The van der Waals surface area contributed by atoms with E-state index in [0.717, 1.165) is 16.6 Å². The predicted molar refractivity (Wildman–Crippen MR) is 127 cm³/mol. The summed E-state index contributed by atoms with van der Waals surface area (Å²) < 4.78 is 12.6. The topological polar surface area (TPSA) is 57.0 Å². The quantitative estimate of drug-likeness (QED) is 0.310. The molecule has 33 heavy (non-hydrogen) atoms. The van der Waals surface area contributed by atoms with Gasteiger partial charge in [-0.05, 0) is 60.4 Å². The van der Waals surface area contributed by atoms with E-state index in [4.69, 9.17) is 9.47 Å². The van der Waals surface area contributed by atoms with Gasteiger partial charge in [0.05, 0.1) is 19.9 Å². The molecular weight excluding hydrogens is 414 g/mol. The zero-order chi connectivity index (χ0) is 22.9.